The second-order valence-corrected chi connectivity index (χ2v) is 10.2. The number of likely N-dealkylation sites (N-methyl/N-ethyl adjacent to an activating group) is 1. The number of carbonyl (C=O) groups excluding carboxylic acids is 1. The molecule has 1 aliphatic heterocycles. The van der Waals surface area contributed by atoms with Crippen LogP contribution < -0.4 is 9.64 Å². The van der Waals surface area contributed by atoms with Gasteiger partial charge in [-0.1, -0.05) is 24.3 Å². The number of ether oxygens (including phenoxy) is 1. The molecule has 4 aromatic rings. The number of fused-ring (bicyclic) bond motifs is 4. The average Bonchev–Trinajstić information content (AvgIpc) is 3.45. The maximum atomic E-state index is 13.6. The van der Waals surface area contributed by atoms with Crippen molar-refractivity contribution in [2.45, 2.75) is 12.8 Å². The van der Waals surface area contributed by atoms with Gasteiger partial charge in [0.05, 0.1) is 26.3 Å². The number of halogens is 1. The minimum Gasteiger partial charge on any atom is -0.507 e. The molecule has 0 aliphatic carbocycles. The van der Waals surface area contributed by atoms with Crippen LogP contribution in [0.2, 0.25) is 0 Å². The molecule has 35 heavy (non-hydrogen) atoms. The number of hydrogen-bond donors (Lipinski definition) is 2. The number of hydrogen-bond acceptors (Lipinski definition) is 3. The highest BCUT2D eigenvalue weighted by molar-refractivity contribution is 6.19. The van der Waals surface area contributed by atoms with Gasteiger partial charge in [-0.2, -0.15) is 0 Å². The van der Waals surface area contributed by atoms with Crippen molar-refractivity contribution in [1.29, 1.82) is 0 Å². The summed E-state index contributed by atoms with van der Waals surface area (Å²) in [4.78, 5) is 18.6. The van der Waals surface area contributed by atoms with Gasteiger partial charge in [0.1, 0.15) is 30.3 Å². The van der Waals surface area contributed by atoms with Crippen LogP contribution in [0.5, 0.6) is 11.5 Å². The summed E-state index contributed by atoms with van der Waals surface area (Å²) in [5.41, 5.74) is 3.10. The number of phenols is 1. The third kappa shape index (κ3) is 4.32. The summed E-state index contributed by atoms with van der Waals surface area (Å²) < 4.78 is 6.88. The molecule has 1 aromatic heterocycles. The monoisotopic (exact) mass is 492 g/mol. The van der Waals surface area contributed by atoms with Crippen LogP contribution in [0.3, 0.4) is 0 Å². The van der Waals surface area contributed by atoms with Gasteiger partial charge in [0.15, 0.2) is 0 Å². The largest absolute Gasteiger partial charge is 0.507 e. The van der Waals surface area contributed by atoms with E-state index in [1.54, 1.807) is 11.0 Å². The fourth-order valence-electron chi connectivity index (χ4n) is 4.77. The number of alkyl halides is 1. The fourth-order valence-corrected chi connectivity index (χ4v) is 5.03. The highest BCUT2D eigenvalue weighted by atomic mass is 35.5. The number of H-pyrrole nitrogens is 1. The van der Waals surface area contributed by atoms with Gasteiger partial charge in [0.25, 0.3) is 5.91 Å². The lowest BCUT2D eigenvalue weighted by atomic mass is 9.95. The molecule has 1 aliphatic rings. The molecule has 3 aromatic carbocycles. The van der Waals surface area contributed by atoms with Crippen molar-refractivity contribution in [2.75, 3.05) is 51.1 Å². The number of rotatable bonds is 7. The van der Waals surface area contributed by atoms with Crippen LogP contribution in [-0.4, -0.2) is 66.7 Å². The van der Waals surface area contributed by atoms with E-state index < -0.39 is 0 Å². The van der Waals surface area contributed by atoms with Crippen molar-refractivity contribution < 1.29 is 19.1 Å². The molecule has 5 rings (SSSR count). The van der Waals surface area contributed by atoms with E-state index in [-0.39, 0.29) is 17.6 Å². The van der Waals surface area contributed by atoms with E-state index in [1.165, 1.54) is 0 Å². The third-order valence-corrected chi connectivity index (χ3v) is 7.59. The lowest BCUT2D eigenvalue weighted by Gasteiger charge is -2.27. The van der Waals surface area contributed by atoms with Gasteiger partial charge in [0, 0.05) is 40.7 Å². The molecule has 0 bridgehead atoms. The number of aromatic amines is 1. The first-order chi connectivity index (χ1) is 16.8. The maximum Gasteiger partial charge on any atom is 0.274 e. The molecular formula is C28H31ClN3O3+. The Bertz CT molecular complexity index is 1410. The number of aromatic nitrogens is 1. The number of benzene rings is 3. The zero-order valence-electron chi connectivity index (χ0n) is 20.3. The van der Waals surface area contributed by atoms with Gasteiger partial charge < -0.3 is 24.2 Å². The molecular weight excluding hydrogens is 462 g/mol. The van der Waals surface area contributed by atoms with Crippen LogP contribution in [0.15, 0.2) is 54.6 Å². The molecule has 0 saturated carbocycles. The van der Waals surface area contributed by atoms with E-state index in [9.17, 15) is 9.90 Å². The van der Waals surface area contributed by atoms with Crippen molar-refractivity contribution in [2.24, 2.45) is 0 Å². The van der Waals surface area contributed by atoms with Gasteiger partial charge >= 0.3 is 0 Å². The fraction of sp³-hybridized carbons (Fsp3) is 0.321. The molecule has 0 unspecified atom stereocenters. The van der Waals surface area contributed by atoms with Gasteiger partial charge in [0.2, 0.25) is 0 Å². The topological polar surface area (TPSA) is 65.6 Å². The summed E-state index contributed by atoms with van der Waals surface area (Å²) in [5, 5.41) is 13.3. The highest BCUT2D eigenvalue weighted by Crippen LogP contribution is 2.45. The Labute approximate surface area is 210 Å². The molecule has 7 heteroatoms. The van der Waals surface area contributed by atoms with Gasteiger partial charge in [-0.3, -0.25) is 4.79 Å². The van der Waals surface area contributed by atoms with E-state index in [0.717, 1.165) is 56.2 Å². The van der Waals surface area contributed by atoms with Crippen LogP contribution in [0, 0.1) is 0 Å². The molecule has 182 valence electrons. The van der Waals surface area contributed by atoms with Crippen molar-refractivity contribution in [1.82, 2.24) is 4.98 Å². The summed E-state index contributed by atoms with van der Waals surface area (Å²) >= 11 is 6.33. The molecule has 1 amide bonds. The Kier molecular flexibility index (Phi) is 6.11. The standard InChI is InChI=1S/C28H30ClN3O3/c1-4-32(2,3)11-12-35-20-9-10-23-18(13-20)14-24(30-23)28(34)31-17-19(16-29)27-22-8-6-5-7-21(22)26(33)15-25(27)31/h5-10,13-15,19H,4,11-12,16-17H2,1-3H3,(H-,30,33,34)/p+1/t19-/m1/s1. The predicted molar refractivity (Wildman–Crippen MR) is 142 cm³/mol. The van der Waals surface area contributed by atoms with Crippen LogP contribution in [0.1, 0.15) is 28.9 Å². The molecule has 0 spiro atoms. The lowest BCUT2D eigenvalue weighted by molar-refractivity contribution is -0.888. The number of nitrogens with one attached hydrogen (secondary N) is 1. The minimum absolute atomic E-state index is 0.00345. The summed E-state index contributed by atoms with van der Waals surface area (Å²) in [7, 11) is 4.37. The molecule has 0 saturated heterocycles. The molecule has 0 radical (unpaired) electrons. The first-order valence-corrected chi connectivity index (χ1v) is 12.5. The van der Waals surface area contributed by atoms with Crippen molar-refractivity contribution in [3.8, 4) is 11.5 Å². The summed E-state index contributed by atoms with van der Waals surface area (Å²) in [6.45, 7) is 5.24. The van der Waals surface area contributed by atoms with Crippen molar-refractivity contribution in [3.63, 3.8) is 0 Å². The minimum atomic E-state index is -0.144. The number of aromatic hydroxyl groups is 1. The predicted octanol–water partition coefficient (Wildman–Crippen LogP) is 5.48. The number of carbonyl (C=O) groups is 1. The summed E-state index contributed by atoms with van der Waals surface area (Å²) in [5.74, 6) is 1.20. The molecule has 6 nitrogen and oxygen atoms in total. The Hall–Kier alpha value is -3.22. The Morgan fingerprint density at radius 2 is 1.94 bits per heavy atom. The number of quaternary nitrogens is 1. The molecule has 2 N–H and O–H groups in total. The van der Waals surface area contributed by atoms with E-state index in [1.807, 2.05) is 48.5 Å². The van der Waals surface area contributed by atoms with E-state index in [4.69, 9.17) is 16.3 Å². The number of amides is 1. The zero-order valence-corrected chi connectivity index (χ0v) is 21.1. The molecule has 2 heterocycles. The Balaban J connectivity index is 1.43. The number of anilines is 1. The van der Waals surface area contributed by atoms with E-state index in [2.05, 4.69) is 26.0 Å². The zero-order chi connectivity index (χ0) is 24.7. The van der Waals surface area contributed by atoms with Gasteiger partial charge in [-0.15, -0.1) is 11.6 Å². The quantitative estimate of drug-likeness (QED) is 0.265. The Morgan fingerprint density at radius 3 is 2.69 bits per heavy atom. The molecule has 0 fully saturated rings. The van der Waals surface area contributed by atoms with Crippen LogP contribution >= 0.6 is 11.6 Å². The maximum absolute atomic E-state index is 13.6. The summed E-state index contributed by atoms with van der Waals surface area (Å²) in [6.07, 6.45) is 0. The van der Waals surface area contributed by atoms with Crippen LogP contribution in [-0.2, 0) is 0 Å². The first-order valence-electron chi connectivity index (χ1n) is 12.0. The summed E-state index contributed by atoms with van der Waals surface area (Å²) in [6, 6.07) is 17.1. The first kappa shape index (κ1) is 23.5. The van der Waals surface area contributed by atoms with Gasteiger partial charge in [-0.05, 0) is 42.1 Å². The average molecular weight is 493 g/mol. The normalized spacial score (nSPS) is 15.7. The van der Waals surface area contributed by atoms with Gasteiger partial charge in [-0.25, -0.2) is 0 Å². The smallest absolute Gasteiger partial charge is 0.274 e. The number of phenolic OH excluding ortho intramolecular Hbond substituents is 1. The highest BCUT2D eigenvalue weighted by Gasteiger charge is 2.35. The van der Waals surface area contributed by atoms with Crippen molar-refractivity contribution in [3.05, 3.63) is 65.9 Å². The Morgan fingerprint density at radius 1 is 1.17 bits per heavy atom. The third-order valence-electron chi connectivity index (χ3n) is 7.22. The van der Waals surface area contributed by atoms with Crippen LogP contribution in [0.4, 0.5) is 5.69 Å². The number of nitrogens with zero attached hydrogens (tertiary/aromatic N) is 2. The molecule has 1 atom stereocenters. The van der Waals surface area contributed by atoms with E-state index in [0.29, 0.717) is 24.7 Å². The van der Waals surface area contributed by atoms with Crippen LogP contribution in [0.25, 0.3) is 21.7 Å². The SMILES string of the molecule is CC[N+](C)(C)CCOc1ccc2[nH]c(C(=O)N3C[C@@H](CCl)c4c3cc(O)c3ccccc43)cc2c1. The van der Waals surface area contributed by atoms with Crippen molar-refractivity contribution >= 4 is 44.9 Å². The lowest BCUT2D eigenvalue weighted by Crippen LogP contribution is -2.42. The van der Waals surface area contributed by atoms with E-state index >= 15 is 0 Å². The second kappa shape index (κ2) is 9.10. The second-order valence-electron chi connectivity index (χ2n) is 9.90.